The van der Waals surface area contributed by atoms with E-state index in [1.165, 1.54) is 12.8 Å². The largest absolute Gasteiger partial charge is 0.396 e. The summed E-state index contributed by atoms with van der Waals surface area (Å²) in [5.41, 5.74) is -0.0336. The van der Waals surface area contributed by atoms with Crippen LogP contribution < -0.4 is 0 Å². The molecule has 1 amide bonds. The van der Waals surface area contributed by atoms with Crippen LogP contribution in [0.5, 0.6) is 0 Å². The molecule has 1 saturated heterocycles. The monoisotopic (exact) mass is 239 g/mol. The SMILES string of the molecule is CCC1(C(=O)N2CCC(CCO)C2)CCCC1. The van der Waals surface area contributed by atoms with E-state index < -0.39 is 0 Å². The molecule has 2 aliphatic rings. The molecule has 1 aliphatic carbocycles. The number of aliphatic hydroxyl groups excluding tert-OH is 1. The summed E-state index contributed by atoms with van der Waals surface area (Å²) in [6, 6.07) is 0. The van der Waals surface area contributed by atoms with Crippen LogP contribution in [-0.2, 0) is 4.79 Å². The van der Waals surface area contributed by atoms with Crippen molar-refractivity contribution in [3.8, 4) is 0 Å². The zero-order valence-corrected chi connectivity index (χ0v) is 11.0. The van der Waals surface area contributed by atoms with Gasteiger partial charge in [-0.1, -0.05) is 19.8 Å². The number of amides is 1. The third-order valence-corrected chi connectivity index (χ3v) is 4.80. The highest BCUT2D eigenvalue weighted by Gasteiger charge is 2.43. The van der Waals surface area contributed by atoms with Gasteiger partial charge in [-0.15, -0.1) is 0 Å². The molecular formula is C14H25NO2. The Morgan fingerprint density at radius 3 is 2.71 bits per heavy atom. The smallest absolute Gasteiger partial charge is 0.228 e. The molecule has 1 aliphatic heterocycles. The van der Waals surface area contributed by atoms with E-state index in [0.717, 1.165) is 45.2 Å². The van der Waals surface area contributed by atoms with Gasteiger partial charge in [-0.05, 0) is 38.0 Å². The second kappa shape index (κ2) is 5.38. The summed E-state index contributed by atoms with van der Waals surface area (Å²) in [4.78, 5) is 14.7. The average Bonchev–Trinajstić information content (AvgIpc) is 2.98. The highest BCUT2D eigenvalue weighted by molar-refractivity contribution is 5.83. The number of hydrogen-bond donors (Lipinski definition) is 1. The van der Waals surface area contributed by atoms with Crippen molar-refractivity contribution in [3.05, 3.63) is 0 Å². The average molecular weight is 239 g/mol. The fourth-order valence-corrected chi connectivity index (χ4v) is 3.54. The van der Waals surface area contributed by atoms with Gasteiger partial charge in [-0.2, -0.15) is 0 Å². The molecule has 1 saturated carbocycles. The molecule has 1 atom stereocenters. The zero-order chi connectivity index (χ0) is 12.3. The van der Waals surface area contributed by atoms with E-state index >= 15 is 0 Å². The topological polar surface area (TPSA) is 40.5 Å². The lowest BCUT2D eigenvalue weighted by Crippen LogP contribution is -2.41. The van der Waals surface area contributed by atoms with Gasteiger partial charge in [-0.3, -0.25) is 4.79 Å². The Morgan fingerprint density at radius 2 is 2.12 bits per heavy atom. The van der Waals surface area contributed by atoms with Gasteiger partial charge in [0.25, 0.3) is 0 Å². The minimum Gasteiger partial charge on any atom is -0.396 e. The number of likely N-dealkylation sites (tertiary alicyclic amines) is 1. The Kier molecular flexibility index (Phi) is 4.08. The Hall–Kier alpha value is -0.570. The van der Waals surface area contributed by atoms with E-state index in [4.69, 9.17) is 5.11 Å². The molecule has 2 fully saturated rings. The maximum atomic E-state index is 12.6. The molecule has 0 aromatic heterocycles. The van der Waals surface area contributed by atoms with Crippen molar-refractivity contribution in [1.82, 2.24) is 4.90 Å². The van der Waals surface area contributed by atoms with E-state index in [1.54, 1.807) is 0 Å². The van der Waals surface area contributed by atoms with E-state index in [0.29, 0.717) is 11.8 Å². The van der Waals surface area contributed by atoms with Crippen molar-refractivity contribution < 1.29 is 9.90 Å². The fourth-order valence-electron chi connectivity index (χ4n) is 3.54. The maximum absolute atomic E-state index is 12.6. The summed E-state index contributed by atoms with van der Waals surface area (Å²) >= 11 is 0. The van der Waals surface area contributed by atoms with Crippen LogP contribution in [0.25, 0.3) is 0 Å². The number of hydrogen-bond acceptors (Lipinski definition) is 2. The molecule has 3 heteroatoms. The molecule has 0 radical (unpaired) electrons. The molecule has 0 spiro atoms. The Morgan fingerprint density at radius 1 is 1.41 bits per heavy atom. The van der Waals surface area contributed by atoms with Gasteiger partial charge < -0.3 is 10.0 Å². The number of carbonyl (C=O) groups is 1. The summed E-state index contributed by atoms with van der Waals surface area (Å²) in [7, 11) is 0. The van der Waals surface area contributed by atoms with Crippen LogP contribution in [0.4, 0.5) is 0 Å². The van der Waals surface area contributed by atoms with Gasteiger partial charge >= 0.3 is 0 Å². The molecular weight excluding hydrogens is 214 g/mol. The first kappa shape index (κ1) is 12.9. The molecule has 98 valence electrons. The van der Waals surface area contributed by atoms with Crippen LogP contribution in [-0.4, -0.2) is 35.6 Å². The lowest BCUT2D eigenvalue weighted by molar-refractivity contribution is -0.141. The van der Waals surface area contributed by atoms with Gasteiger partial charge in [0.1, 0.15) is 0 Å². The second-order valence-electron chi connectivity index (χ2n) is 5.76. The number of carbonyl (C=O) groups excluding carboxylic acids is 1. The van der Waals surface area contributed by atoms with Crippen molar-refractivity contribution in [2.45, 2.75) is 51.9 Å². The highest BCUT2D eigenvalue weighted by atomic mass is 16.3. The van der Waals surface area contributed by atoms with Crippen molar-refractivity contribution >= 4 is 5.91 Å². The van der Waals surface area contributed by atoms with Crippen LogP contribution in [0.2, 0.25) is 0 Å². The van der Waals surface area contributed by atoms with E-state index in [9.17, 15) is 4.79 Å². The molecule has 1 heterocycles. The van der Waals surface area contributed by atoms with E-state index in [1.807, 2.05) is 0 Å². The number of rotatable bonds is 4. The summed E-state index contributed by atoms with van der Waals surface area (Å²) in [5, 5.41) is 8.96. The predicted molar refractivity (Wildman–Crippen MR) is 67.6 cm³/mol. The summed E-state index contributed by atoms with van der Waals surface area (Å²) in [6.45, 7) is 4.20. The first-order valence-electron chi connectivity index (χ1n) is 7.12. The molecule has 3 nitrogen and oxygen atoms in total. The summed E-state index contributed by atoms with van der Waals surface area (Å²) < 4.78 is 0. The first-order chi connectivity index (χ1) is 8.22. The Labute approximate surface area is 104 Å². The van der Waals surface area contributed by atoms with Crippen molar-refractivity contribution in [1.29, 1.82) is 0 Å². The van der Waals surface area contributed by atoms with E-state index in [2.05, 4.69) is 11.8 Å². The minimum atomic E-state index is -0.0336. The second-order valence-corrected chi connectivity index (χ2v) is 5.76. The van der Waals surface area contributed by atoms with Crippen molar-refractivity contribution in [2.75, 3.05) is 19.7 Å². The first-order valence-corrected chi connectivity index (χ1v) is 7.12. The molecule has 1 N–H and O–H groups in total. The standard InChI is InChI=1S/C14H25NO2/c1-2-14(7-3-4-8-14)13(17)15-9-5-12(11-15)6-10-16/h12,16H,2-11H2,1H3. The third kappa shape index (κ3) is 2.49. The minimum absolute atomic E-state index is 0.0336. The molecule has 17 heavy (non-hydrogen) atoms. The van der Waals surface area contributed by atoms with Gasteiger partial charge in [-0.25, -0.2) is 0 Å². The number of aliphatic hydroxyl groups is 1. The van der Waals surface area contributed by atoms with Crippen LogP contribution in [0, 0.1) is 11.3 Å². The Balaban J connectivity index is 1.96. The molecule has 0 aromatic carbocycles. The van der Waals surface area contributed by atoms with Gasteiger partial charge in [0.2, 0.25) is 5.91 Å². The third-order valence-electron chi connectivity index (χ3n) is 4.80. The lowest BCUT2D eigenvalue weighted by atomic mass is 9.82. The molecule has 2 rings (SSSR count). The molecule has 0 aromatic rings. The van der Waals surface area contributed by atoms with Gasteiger partial charge in [0, 0.05) is 25.1 Å². The molecule has 1 unspecified atom stereocenters. The quantitative estimate of drug-likeness (QED) is 0.817. The van der Waals surface area contributed by atoms with Crippen LogP contribution in [0.15, 0.2) is 0 Å². The van der Waals surface area contributed by atoms with E-state index in [-0.39, 0.29) is 12.0 Å². The maximum Gasteiger partial charge on any atom is 0.228 e. The molecule has 0 bridgehead atoms. The van der Waals surface area contributed by atoms with Gasteiger partial charge in [0.15, 0.2) is 0 Å². The fraction of sp³-hybridized carbons (Fsp3) is 0.929. The van der Waals surface area contributed by atoms with Crippen LogP contribution in [0.3, 0.4) is 0 Å². The lowest BCUT2D eigenvalue weighted by Gasteiger charge is -2.31. The highest BCUT2D eigenvalue weighted by Crippen LogP contribution is 2.43. The zero-order valence-electron chi connectivity index (χ0n) is 11.0. The normalized spacial score (nSPS) is 27.6. The number of nitrogens with zero attached hydrogens (tertiary/aromatic N) is 1. The van der Waals surface area contributed by atoms with Crippen molar-refractivity contribution in [3.63, 3.8) is 0 Å². The van der Waals surface area contributed by atoms with Crippen LogP contribution >= 0.6 is 0 Å². The summed E-state index contributed by atoms with van der Waals surface area (Å²) in [6.07, 6.45) is 7.52. The Bertz CT molecular complexity index is 271. The van der Waals surface area contributed by atoms with Crippen molar-refractivity contribution in [2.24, 2.45) is 11.3 Å². The predicted octanol–water partition coefficient (Wildman–Crippen LogP) is 2.19. The van der Waals surface area contributed by atoms with Gasteiger partial charge in [0.05, 0.1) is 0 Å². The summed E-state index contributed by atoms with van der Waals surface area (Å²) in [5.74, 6) is 0.928. The van der Waals surface area contributed by atoms with Crippen LogP contribution in [0.1, 0.15) is 51.9 Å².